The third kappa shape index (κ3) is 5.41. The Hall–Kier alpha value is -1.78. The normalized spacial score (nSPS) is 12.0. The molecule has 0 spiro atoms. The number of halogens is 4. The van der Waals surface area contributed by atoms with Crippen LogP contribution in [0.4, 0.5) is 18.9 Å². The first-order valence-electron chi connectivity index (χ1n) is 6.49. The fourth-order valence-electron chi connectivity index (χ4n) is 1.89. The molecule has 5 nitrogen and oxygen atoms in total. The van der Waals surface area contributed by atoms with Gasteiger partial charge in [0.25, 0.3) is 0 Å². The highest BCUT2D eigenvalue weighted by Crippen LogP contribution is 2.30. The summed E-state index contributed by atoms with van der Waals surface area (Å²) in [5, 5.41) is 6.24. The van der Waals surface area contributed by atoms with Crippen LogP contribution in [0.25, 0.3) is 0 Å². The van der Waals surface area contributed by atoms with Crippen molar-refractivity contribution in [3.05, 3.63) is 47.3 Å². The van der Waals surface area contributed by atoms with E-state index >= 15 is 0 Å². The molecule has 2 aromatic rings. The minimum Gasteiger partial charge on any atom is -0.370 e. The fourth-order valence-corrected chi connectivity index (χ4v) is 1.89. The lowest BCUT2D eigenvalue weighted by Crippen LogP contribution is -2.22. The van der Waals surface area contributed by atoms with Gasteiger partial charge in [-0.05, 0) is 19.1 Å². The maximum atomic E-state index is 12.8. The molecule has 0 saturated carbocycles. The van der Waals surface area contributed by atoms with Crippen LogP contribution in [0.2, 0.25) is 0 Å². The van der Waals surface area contributed by atoms with E-state index in [1.165, 1.54) is 13.2 Å². The molecule has 0 amide bonds. The van der Waals surface area contributed by atoms with Crippen LogP contribution in [0.5, 0.6) is 0 Å². The Morgan fingerprint density at radius 2 is 1.91 bits per heavy atom. The minimum atomic E-state index is -4.51. The zero-order valence-corrected chi connectivity index (χ0v) is 14.9. The third-order valence-electron chi connectivity index (χ3n) is 2.92. The molecule has 1 heterocycles. The lowest BCUT2D eigenvalue weighted by Gasteiger charge is -2.07. The predicted molar refractivity (Wildman–Crippen MR) is 93.8 cm³/mol. The number of hydrogen-bond donors (Lipinski definition) is 2. The van der Waals surface area contributed by atoms with E-state index in [0.717, 1.165) is 10.2 Å². The number of alkyl halides is 3. The summed E-state index contributed by atoms with van der Waals surface area (Å²) >= 11 is 0. The van der Waals surface area contributed by atoms with Gasteiger partial charge in [0.15, 0.2) is 11.7 Å². The molecule has 1 aromatic heterocycles. The fraction of sp³-hybridized carbons (Fsp3) is 0.286. The number of aliphatic imine (C=N–C) groups is 1. The van der Waals surface area contributed by atoms with Crippen molar-refractivity contribution >= 4 is 35.6 Å². The molecule has 0 aliphatic rings. The lowest BCUT2D eigenvalue weighted by atomic mass is 10.2. The van der Waals surface area contributed by atoms with Crippen molar-refractivity contribution in [2.45, 2.75) is 19.6 Å². The van der Waals surface area contributed by atoms with Crippen LogP contribution >= 0.6 is 24.0 Å². The number of benzene rings is 1. The molecule has 0 bridgehead atoms. The summed E-state index contributed by atoms with van der Waals surface area (Å²) in [7, 11) is 1.43. The van der Waals surface area contributed by atoms with Crippen molar-refractivity contribution in [3.63, 3.8) is 0 Å². The molecule has 0 aliphatic carbocycles. The SMILES string of the molecule is Cc1ccc(NC(N)=NCc2cn(C)nc2C(F)(F)F)cc1.I. The van der Waals surface area contributed by atoms with Crippen molar-refractivity contribution in [2.75, 3.05) is 5.32 Å². The van der Waals surface area contributed by atoms with Crippen LogP contribution in [0.1, 0.15) is 16.8 Å². The first-order valence-corrected chi connectivity index (χ1v) is 6.49. The first kappa shape index (κ1) is 19.3. The first-order chi connectivity index (χ1) is 10.3. The number of guanidine groups is 1. The van der Waals surface area contributed by atoms with Gasteiger partial charge in [-0.15, -0.1) is 24.0 Å². The molecule has 1 aromatic carbocycles. The van der Waals surface area contributed by atoms with Gasteiger partial charge < -0.3 is 11.1 Å². The summed E-state index contributed by atoms with van der Waals surface area (Å²) in [5.41, 5.74) is 6.53. The van der Waals surface area contributed by atoms with Gasteiger partial charge >= 0.3 is 6.18 Å². The van der Waals surface area contributed by atoms with Gasteiger partial charge in [-0.1, -0.05) is 17.7 Å². The molecule has 0 saturated heterocycles. The van der Waals surface area contributed by atoms with Crippen molar-refractivity contribution < 1.29 is 13.2 Å². The molecule has 126 valence electrons. The number of rotatable bonds is 3. The highest BCUT2D eigenvalue weighted by molar-refractivity contribution is 14.0. The van der Waals surface area contributed by atoms with Crippen LogP contribution in [0, 0.1) is 6.92 Å². The molecule has 3 N–H and O–H groups in total. The highest BCUT2D eigenvalue weighted by Gasteiger charge is 2.36. The zero-order chi connectivity index (χ0) is 16.3. The molecule has 0 fully saturated rings. The number of aromatic nitrogens is 2. The monoisotopic (exact) mass is 439 g/mol. The van der Waals surface area contributed by atoms with Crippen LogP contribution < -0.4 is 11.1 Å². The molecular weight excluding hydrogens is 422 g/mol. The van der Waals surface area contributed by atoms with E-state index in [0.29, 0.717) is 5.69 Å². The Balaban J connectivity index is 0.00000264. The molecule has 2 rings (SSSR count). The summed E-state index contributed by atoms with van der Waals surface area (Å²) in [6, 6.07) is 7.39. The van der Waals surface area contributed by atoms with Crippen molar-refractivity contribution in [1.82, 2.24) is 9.78 Å². The zero-order valence-electron chi connectivity index (χ0n) is 12.6. The number of hydrogen-bond acceptors (Lipinski definition) is 2. The molecule has 0 atom stereocenters. The topological polar surface area (TPSA) is 68.2 Å². The number of nitrogens with one attached hydrogen (secondary N) is 1. The Morgan fingerprint density at radius 3 is 2.48 bits per heavy atom. The van der Waals surface area contributed by atoms with Gasteiger partial charge in [0.2, 0.25) is 0 Å². The quantitative estimate of drug-likeness (QED) is 0.438. The van der Waals surface area contributed by atoms with E-state index in [2.05, 4.69) is 15.4 Å². The summed E-state index contributed by atoms with van der Waals surface area (Å²) in [5.74, 6) is 0.0424. The van der Waals surface area contributed by atoms with Gasteiger partial charge in [-0.25, -0.2) is 4.99 Å². The lowest BCUT2D eigenvalue weighted by molar-refractivity contribution is -0.142. The summed E-state index contributed by atoms with van der Waals surface area (Å²) in [4.78, 5) is 3.93. The molecular formula is C14H17F3IN5. The average Bonchev–Trinajstić information content (AvgIpc) is 2.80. The van der Waals surface area contributed by atoms with E-state index < -0.39 is 11.9 Å². The Bertz CT molecular complexity index is 677. The van der Waals surface area contributed by atoms with Crippen LogP contribution in [-0.2, 0) is 19.8 Å². The van der Waals surface area contributed by atoms with E-state index in [9.17, 15) is 13.2 Å². The highest BCUT2D eigenvalue weighted by atomic mass is 127. The largest absolute Gasteiger partial charge is 0.435 e. The standard InChI is InChI=1S/C14H16F3N5.HI/c1-9-3-5-11(6-4-9)20-13(18)19-7-10-8-22(2)21-12(10)14(15,16)17;/h3-6,8H,7H2,1-2H3,(H3,18,19,20);1H. The van der Waals surface area contributed by atoms with E-state index in [4.69, 9.17) is 5.73 Å². The Morgan fingerprint density at radius 1 is 1.30 bits per heavy atom. The average molecular weight is 439 g/mol. The molecule has 0 unspecified atom stereocenters. The van der Waals surface area contributed by atoms with Crippen LogP contribution in [0.15, 0.2) is 35.5 Å². The van der Waals surface area contributed by atoms with E-state index in [1.807, 2.05) is 31.2 Å². The summed E-state index contributed by atoms with van der Waals surface area (Å²) < 4.78 is 39.5. The van der Waals surface area contributed by atoms with Gasteiger partial charge in [-0.2, -0.15) is 18.3 Å². The van der Waals surface area contributed by atoms with Crippen molar-refractivity contribution in [1.29, 1.82) is 0 Å². The number of nitrogens with two attached hydrogens (primary N) is 1. The van der Waals surface area contributed by atoms with Crippen molar-refractivity contribution in [2.24, 2.45) is 17.8 Å². The maximum absolute atomic E-state index is 12.8. The minimum absolute atomic E-state index is 0. The van der Waals surface area contributed by atoms with Gasteiger partial charge in [0.1, 0.15) is 0 Å². The molecule has 0 aliphatic heterocycles. The van der Waals surface area contributed by atoms with Crippen LogP contribution in [-0.4, -0.2) is 15.7 Å². The van der Waals surface area contributed by atoms with E-state index in [-0.39, 0.29) is 42.0 Å². The van der Waals surface area contributed by atoms with Gasteiger partial charge in [-0.3, -0.25) is 4.68 Å². The number of anilines is 1. The summed E-state index contributed by atoms with van der Waals surface area (Å²) in [6.07, 6.45) is -3.23. The van der Waals surface area contributed by atoms with Gasteiger partial charge in [0, 0.05) is 24.5 Å². The maximum Gasteiger partial charge on any atom is 0.435 e. The second kappa shape index (κ2) is 7.66. The number of nitrogens with zero attached hydrogens (tertiary/aromatic N) is 3. The Kier molecular flexibility index (Phi) is 6.42. The molecule has 23 heavy (non-hydrogen) atoms. The van der Waals surface area contributed by atoms with Gasteiger partial charge in [0.05, 0.1) is 6.54 Å². The second-order valence-electron chi connectivity index (χ2n) is 4.87. The van der Waals surface area contributed by atoms with Crippen molar-refractivity contribution in [3.8, 4) is 0 Å². The Labute approximate surface area is 148 Å². The summed E-state index contributed by atoms with van der Waals surface area (Å²) in [6.45, 7) is 1.75. The molecule has 0 radical (unpaired) electrons. The number of aryl methyl sites for hydroxylation is 2. The predicted octanol–water partition coefficient (Wildman–Crippen LogP) is 3.29. The smallest absolute Gasteiger partial charge is 0.370 e. The van der Waals surface area contributed by atoms with Crippen LogP contribution in [0.3, 0.4) is 0 Å². The van der Waals surface area contributed by atoms with E-state index in [1.54, 1.807) is 0 Å². The molecule has 9 heteroatoms. The third-order valence-corrected chi connectivity index (χ3v) is 2.92. The second-order valence-corrected chi connectivity index (χ2v) is 4.87.